The summed E-state index contributed by atoms with van der Waals surface area (Å²) in [5, 5.41) is 5.09. The molecule has 0 bridgehead atoms. The molecule has 2 aromatic rings. The molecule has 4 rings (SSSR count). The molecule has 0 spiro atoms. The predicted octanol–water partition coefficient (Wildman–Crippen LogP) is 2.66. The SMILES string of the molecule is Cc1ccc(F)c(C2=C3C(=O)NC(c4ccccc4F)=C3C(=O)N2)c1. The summed E-state index contributed by atoms with van der Waals surface area (Å²) in [7, 11) is 0. The summed E-state index contributed by atoms with van der Waals surface area (Å²) < 4.78 is 28.3. The lowest BCUT2D eigenvalue weighted by Crippen LogP contribution is -2.22. The van der Waals surface area contributed by atoms with Crippen molar-refractivity contribution in [3.05, 3.63) is 81.9 Å². The van der Waals surface area contributed by atoms with Crippen molar-refractivity contribution in [1.29, 1.82) is 0 Å². The highest BCUT2D eigenvalue weighted by atomic mass is 19.1. The van der Waals surface area contributed by atoms with E-state index in [1.54, 1.807) is 25.1 Å². The lowest BCUT2D eigenvalue weighted by atomic mass is 10.0. The molecule has 0 aromatic heterocycles. The lowest BCUT2D eigenvalue weighted by molar-refractivity contribution is -0.117. The van der Waals surface area contributed by atoms with E-state index >= 15 is 0 Å². The van der Waals surface area contributed by atoms with Gasteiger partial charge >= 0.3 is 0 Å². The zero-order valence-electron chi connectivity index (χ0n) is 13.1. The average molecular weight is 338 g/mol. The third kappa shape index (κ3) is 2.26. The maximum Gasteiger partial charge on any atom is 0.258 e. The molecule has 124 valence electrons. The summed E-state index contributed by atoms with van der Waals surface area (Å²) in [6.45, 7) is 1.78. The van der Waals surface area contributed by atoms with Crippen LogP contribution in [0.1, 0.15) is 16.7 Å². The topological polar surface area (TPSA) is 58.2 Å². The van der Waals surface area contributed by atoms with Crippen molar-refractivity contribution >= 4 is 23.2 Å². The molecule has 2 amide bonds. The highest BCUT2D eigenvalue weighted by Crippen LogP contribution is 2.38. The van der Waals surface area contributed by atoms with Gasteiger partial charge in [0, 0.05) is 11.1 Å². The van der Waals surface area contributed by atoms with Gasteiger partial charge in [-0.05, 0) is 31.2 Å². The molecule has 6 heteroatoms. The number of fused-ring (bicyclic) bond motifs is 1. The standard InChI is InChI=1S/C19H12F2N2O2/c1-9-6-7-13(21)11(8-9)17-15-14(18(24)23-17)16(22-19(15)25)10-4-2-3-5-12(10)20/h2-8H,1H3,(H,22,25)(H,23,24). The van der Waals surface area contributed by atoms with Crippen molar-refractivity contribution in [1.82, 2.24) is 10.6 Å². The van der Waals surface area contributed by atoms with E-state index in [0.717, 1.165) is 5.56 Å². The highest BCUT2D eigenvalue weighted by Gasteiger charge is 2.41. The Balaban J connectivity index is 1.97. The van der Waals surface area contributed by atoms with E-state index in [1.165, 1.54) is 24.3 Å². The Bertz CT molecular complexity index is 1020. The van der Waals surface area contributed by atoms with Crippen LogP contribution < -0.4 is 10.6 Å². The summed E-state index contributed by atoms with van der Waals surface area (Å²) in [6, 6.07) is 10.3. The first-order chi connectivity index (χ1) is 12.0. The number of nitrogens with one attached hydrogen (secondary N) is 2. The fourth-order valence-corrected chi connectivity index (χ4v) is 3.08. The van der Waals surface area contributed by atoms with Crippen molar-refractivity contribution in [2.45, 2.75) is 6.92 Å². The van der Waals surface area contributed by atoms with Crippen molar-refractivity contribution in [2.75, 3.05) is 0 Å². The first-order valence-corrected chi connectivity index (χ1v) is 7.60. The summed E-state index contributed by atoms with van der Waals surface area (Å²) in [5.41, 5.74) is 1.29. The maximum absolute atomic E-state index is 14.2. The second kappa shape index (κ2) is 5.37. The number of carbonyl (C=O) groups excluding carboxylic acids is 2. The van der Waals surface area contributed by atoms with Gasteiger partial charge in [0.1, 0.15) is 11.6 Å². The molecule has 0 fully saturated rings. The van der Waals surface area contributed by atoms with Gasteiger partial charge in [0.05, 0.1) is 22.5 Å². The van der Waals surface area contributed by atoms with Gasteiger partial charge in [-0.25, -0.2) is 8.78 Å². The van der Waals surface area contributed by atoms with Crippen LogP contribution in [0.5, 0.6) is 0 Å². The molecule has 25 heavy (non-hydrogen) atoms. The Morgan fingerprint density at radius 2 is 1.32 bits per heavy atom. The third-order valence-corrected chi connectivity index (χ3v) is 4.22. The molecule has 0 radical (unpaired) electrons. The minimum absolute atomic E-state index is 0.0333. The maximum atomic E-state index is 14.2. The number of hydrogen-bond acceptors (Lipinski definition) is 2. The van der Waals surface area contributed by atoms with E-state index in [0.29, 0.717) is 0 Å². The number of halogens is 2. The predicted molar refractivity (Wildman–Crippen MR) is 87.7 cm³/mol. The van der Waals surface area contributed by atoms with Crippen LogP contribution in [-0.2, 0) is 9.59 Å². The van der Waals surface area contributed by atoms with Gasteiger partial charge < -0.3 is 10.6 Å². The lowest BCUT2D eigenvalue weighted by Gasteiger charge is -2.09. The Kier molecular flexibility index (Phi) is 3.28. The second-order valence-corrected chi connectivity index (χ2v) is 5.87. The van der Waals surface area contributed by atoms with Gasteiger partial charge in [-0.1, -0.05) is 23.8 Å². The molecule has 0 atom stereocenters. The van der Waals surface area contributed by atoms with Crippen molar-refractivity contribution in [3.8, 4) is 0 Å². The zero-order chi connectivity index (χ0) is 17.7. The molecule has 2 aromatic carbocycles. The number of benzene rings is 2. The Labute approximate surface area is 141 Å². The summed E-state index contributed by atoms with van der Waals surface area (Å²) in [5.74, 6) is -2.25. The largest absolute Gasteiger partial charge is 0.320 e. The quantitative estimate of drug-likeness (QED) is 0.884. The third-order valence-electron chi connectivity index (χ3n) is 4.22. The van der Waals surface area contributed by atoms with Gasteiger partial charge in [0.15, 0.2) is 0 Å². The monoisotopic (exact) mass is 338 g/mol. The van der Waals surface area contributed by atoms with Crippen LogP contribution >= 0.6 is 0 Å². The van der Waals surface area contributed by atoms with Crippen LogP contribution in [0.4, 0.5) is 8.78 Å². The van der Waals surface area contributed by atoms with Crippen LogP contribution in [0.25, 0.3) is 11.4 Å². The summed E-state index contributed by atoms with van der Waals surface area (Å²) in [4.78, 5) is 24.9. The van der Waals surface area contributed by atoms with Gasteiger partial charge in [0.25, 0.3) is 11.8 Å². The molecule has 2 aliphatic rings. The molecule has 0 saturated heterocycles. The Hall–Kier alpha value is -3.28. The number of hydrogen-bond donors (Lipinski definition) is 2. The summed E-state index contributed by atoms with van der Waals surface area (Å²) >= 11 is 0. The van der Waals surface area contributed by atoms with E-state index in [2.05, 4.69) is 10.6 Å². The smallest absolute Gasteiger partial charge is 0.258 e. The van der Waals surface area contributed by atoms with Crippen LogP contribution in [0.2, 0.25) is 0 Å². The normalized spacial score (nSPS) is 16.3. The highest BCUT2D eigenvalue weighted by molar-refractivity contribution is 6.30. The molecule has 0 unspecified atom stereocenters. The fourth-order valence-electron chi connectivity index (χ4n) is 3.08. The summed E-state index contributed by atoms with van der Waals surface area (Å²) in [6.07, 6.45) is 0. The van der Waals surface area contributed by atoms with Crippen molar-refractivity contribution < 1.29 is 18.4 Å². The first-order valence-electron chi connectivity index (χ1n) is 7.60. The average Bonchev–Trinajstić information content (AvgIpc) is 3.10. The fraction of sp³-hybridized carbons (Fsp3) is 0.0526. The van der Waals surface area contributed by atoms with E-state index in [9.17, 15) is 18.4 Å². The molecular weight excluding hydrogens is 326 g/mol. The molecular formula is C19H12F2N2O2. The number of aryl methyl sites for hydroxylation is 1. The van der Waals surface area contributed by atoms with Gasteiger partial charge in [-0.2, -0.15) is 0 Å². The number of carbonyl (C=O) groups is 2. The van der Waals surface area contributed by atoms with Crippen molar-refractivity contribution in [3.63, 3.8) is 0 Å². The van der Waals surface area contributed by atoms with E-state index in [4.69, 9.17) is 0 Å². The Morgan fingerprint density at radius 1 is 0.760 bits per heavy atom. The van der Waals surface area contributed by atoms with Gasteiger partial charge in [0.2, 0.25) is 0 Å². The molecule has 0 aliphatic carbocycles. The Morgan fingerprint density at radius 3 is 1.96 bits per heavy atom. The van der Waals surface area contributed by atoms with E-state index in [-0.39, 0.29) is 33.7 Å². The van der Waals surface area contributed by atoms with Gasteiger partial charge in [-0.3, -0.25) is 9.59 Å². The van der Waals surface area contributed by atoms with Crippen LogP contribution in [0.3, 0.4) is 0 Å². The number of rotatable bonds is 2. The second-order valence-electron chi connectivity index (χ2n) is 5.87. The van der Waals surface area contributed by atoms with E-state index < -0.39 is 23.4 Å². The van der Waals surface area contributed by atoms with Crippen LogP contribution in [0, 0.1) is 18.6 Å². The zero-order valence-corrected chi connectivity index (χ0v) is 13.1. The van der Waals surface area contributed by atoms with Gasteiger partial charge in [-0.15, -0.1) is 0 Å². The molecule has 2 aliphatic heterocycles. The van der Waals surface area contributed by atoms with E-state index in [1.807, 2.05) is 0 Å². The molecule has 0 saturated carbocycles. The molecule has 4 nitrogen and oxygen atoms in total. The molecule has 2 heterocycles. The minimum atomic E-state index is -0.567. The molecule has 2 N–H and O–H groups in total. The van der Waals surface area contributed by atoms with Crippen molar-refractivity contribution in [2.24, 2.45) is 0 Å². The van der Waals surface area contributed by atoms with Crippen LogP contribution in [0.15, 0.2) is 53.6 Å². The number of amides is 2. The van der Waals surface area contributed by atoms with Crippen LogP contribution in [-0.4, -0.2) is 11.8 Å². The minimum Gasteiger partial charge on any atom is -0.320 e. The first kappa shape index (κ1) is 15.3.